The second-order valence-electron chi connectivity index (χ2n) is 7.90. The molecule has 1 aromatic heterocycles. The fourth-order valence-electron chi connectivity index (χ4n) is 4.66. The molecule has 7 nitrogen and oxygen atoms in total. The number of nitrogens with zero attached hydrogens (tertiary/aromatic N) is 3. The van der Waals surface area contributed by atoms with Crippen LogP contribution in [0.3, 0.4) is 0 Å². The van der Waals surface area contributed by atoms with Gasteiger partial charge in [0.15, 0.2) is 12.1 Å². The highest BCUT2D eigenvalue weighted by Gasteiger charge is 2.50. The van der Waals surface area contributed by atoms with Crippen molar-refractivity contribution in [2.75, 3.05) is 45.9 Å². The largest absolute Gasteiger partial charge is 0.492 e. The van der Waals surface area contributed by atoms with Crippen molar-refractivity contribution in [2.24, 2.45) is 5.92 Å². The lowest BCUT2D eigenvalue weighted by molar-refractivity contribution is 0.0610. The summed E-state index contributed by atoms with van der Waals surface area (Å²) in [5, 5.41) is 3.48. The molecule has 28 heavy (non-hydrogen) atoms. The zero-order valence-electron chi connectivity index (χ0n) is 15.9. The number of rotatable bonds is 6. The number of para-hydroxylation sites is 1. The Morgan fingerprint density at radius 2 is 2.04 bits per heavy atom. The minimum Gasteiger partial charge on any atom is -0.492 e. The molecule has 2 bridgehead atoms. The molecule has 3 atom stereocenters. The molecule has 1 amide bonds. The summed E-state index contributed by atoms with van der Waals surface area (Å²) in [5.41, 5.74) is 0.518. The first-order chi connectivity index (χ1) is 13.8. The van der Waals surface area contributed by atoms with Gasteiger partial charge in [-0.1, -0.05) is 18.2 Å². The second-order valence-corrected chi connectivity index (χ2v) is 7.90. The number of hydrogen-bond acceptors (Lipinski definition) is 6. The number of piperazine rings is 1. The molecule has 1 saturated carbocycles. The van der Waals surface area contributed by atoms with Gasteiger partial charge in [0.1, 0.15) is 18.1 Å². The maximum atomic E-state index is 13.0. The lowest BCUT2D eigenvalue weighted by atomic mass is 9.72. The van der Waals surface area contributed by atoms with Crippen LogP contribution in [0.1, 0.15) is 28.6 Å². The van der Waals surface area contributed by atoms with E-state index in [0.29, 0.717) is 43.3 Å². The van der Waals surface area contributed by atoms with Gasteiger partial charge >= 0.3 is 0 Å². The maximum Gasteiger partial charge on any atom is 0.276 e. The van der Waals surface area contributed by atoms with Crippen LogP contribution in [0.15, 0.2) is 41.1 Å². The van der Waals surface area contributed by atoms with Crippen LogP contribution < -0.4 is 10.1 Å². The third-order valence-electron chi connectivity index (χ3n) is 6.32. The van der Waals surface area contributed by atoms with Crippen LogP contribution in [0.5, 0.6) is 5.75 Å². The van der Waals surface area contributed by atoms with Crippen LogP contribution in [0.25, 0.3) is 0 Å². The average molecular weight is 382 g/mol. The number of hydrogen-bond donors (Lipinski definition) is 1. The van der Waals surface area contributed by atoms with Gasteiger partial charge in [0.25, 0.3) is 5.91 Å². The summed E-state index contributed by atoms with van der Waals surface area (Å²) < 4.78 is 11.4. The Bertz CT molecular complexity index is 802. The quantitative estimate of drug-likeness (QED) is 0.818. The van der Waals surface area contributed by atoms with Crippen molar-refractivity contribution >= 4 is 5.91 Å². The number of oxazole rings is 1. The standard InChI is InChI=1S/C21H26N4O3/c26-21(19-20(28-14-23-19)18-15-12-17(18)22-13-15)25-8-6-24(7-9-25)10-11-27-16-4-2-1-3-5-16/h1-5,14-15,17-18,22H,6-13H2. The van der Waals surface area contributed by atoms with Gasteiger partial charge in [-0.05, 0) is 31.0 Å². The number of ether oxygens (including phenoxy) is 1. The van der Waals surface area contributed by atoms with Gasteiger partial charge in [-0.2, -0.15) is 0 Å². The molecule has 3 unspecified atom stereocenters. The Hall–Kier alpha value is -2.38. The van der Waals surface area contributed by atoms with E-state index in [2.05, 4.69) is 15.2 Å². The first-order valence-corrected chi connectivity index (χ1v) is 10.2. The summed E-state index contributed by atoms with van der Waals surface area (Å²) in [4.78, 5) is 21.5. The number of aromatic nitrogens is 1. The van der Waals surface area contributed by atoms with Crippen molar-refractivity contribution in [3.63, 3.8) is 0 Å². The number of fused-ring (bicyclic) bond motifs is 1. The Morgan fingerprint density at radius 3 is 2.75 bits per heavy atom. The molecule has 3 saturated heterocycles. The first kappa shape index (κ1) is 17.7. The summed E-state index contributed by atoms with van der Waals surface area (Å²) in [6.45, 7) is 5.68. The number of benzene rings is 1. The smallest absolute Gasteiger partial charge is 0.276 e. The third kappa shape index (κ3) is 3.29. The van der Waals surface area contributed by atoms with E-state index in [1.807, 2.05) is 35.2 Å². The number of carbonyl (C=O) groups excluding carboxylic acids is 1. The number of amides is 1. The van der Waals surface area contributed by atoms with Crippen LogP contribution >= 0.6 is 0 Å². The van der Waals surface area contributed by atoms with E-state index < -0.39 is 0 Å². The Morgan fingerprint density at radius 1 is 1.21 bits per heavy atom. The summed E-state index contributed by atoms with van der Waals surface area (Å²) in [6.07, 6.45) is 2.61. The zero-order chi connectivity index (χ0) is 18.9. The van der Waals surface area contributed by atoms with Crippen molar-refractivity contribution in [3.05, 3.63) is 48.2 Å². The van der Waals surface area contributed by atoms with Crippen molar-refractivity contribution in [1.29, 1.82) is 0 Å². The average Bonchev–Trinajstić information content (AvgIpc) is 3.47. The fourth-order valence-corrected chi connectivity index (χ4v) is 4.66. The highest BCUT2D eigenvalue weighted by Crippen LogP contribution is 2.48. The summed E-state index contributed by atoms with van der Waals surface area (Å²) in [6, 6.07) is 10.3. The topological polar surface area (TPSA) is 70.8 Å². The lowest BCUT2D eigenvalue weighted by Gasteiger charge is -2.35. The third-order valence-corrected chi connectivity index (χ3v) is 6.32. The Labute approximate surface area is 164 Å². The summed E-state index contributed by atoms with van der Waals surface area (Å²) in [7, 11) is 0. The normalized spacial score (nSPS) is 26.9. The molecule has 0 radical (unpaired) electrons. The van der Waals surface area contributed by atoms with E-state index in [0.717, 1.165) is 37.7 Å². The molecule has 4 heterocycles. The second kappa shape index (κ2) is 7.56. The number of nitrogens with one attached hydrogen (secondary N) is 1. The van der Waals surface area contributed by atoms with E-state index >= 15 is 0 Å². The van der Waals surface area contributed by atoms with Crippen molar-refractivity contribution < 1.29 is 13.9 Å². The van der Waals surface area contributed by atoms with Gasteiger partial charge < -0.3 is 19.4 Å². The van der Waals surface area contributed by atoms with E-state index in [9.17, 15) is 4.79 Å². The zero-order valence-corrected chi connectivity index (χ0v) is 15.9. The van der Waals surface area contributed by atoms with Crippen LogP contribution in [-0.2, 0) is 0 Å². The van der Waals surface area contributed by atoms with E-state index in [1.54, 1.807) is 0 Å². The summed E-state index contributed by atoms with van der Waals surface area (Å²) in [5.74, 6) is 2.60. The van der Waals surface area contributed by atoms with Gasteiger partial charge in [0.05, 0.1) is 0 Å². The molecule has 148 valence electrons. The minimum atomic E-state index is 0.00948. The predicted molar refractivity (Wildman–Crippen MR) is 103 cm³/mol. The molecule has 1 N–H and O–H groups in total. The van der Waals surface area contributed by atoms with E-state index in [-0.39, 0.29) is 5.91 Å². The highest BCUT2D eigenvalue weighted by atomic mass is 16.5. The number of carbonyl (C=O) groups is 1. The highest BCUT2D eigenvalue weighted by molar-refractivity contribution is 5.93. The van der Waals surface area contributed by atoms with Gasteiger partial charge in [0, 0.05) is 44.7 Å². The van der Waals surface area contributed by atoms with Crippen LogP contribution in [0, 0.1) is 5.92 Å². The SMILES string of the molecule is O=C(c1ncoc1C1C2CNC1C2)N1CCN(CCOc2ccccc2)CC1. The summed E-state index contributed by atoms with van der Waals surface area (Å²) >= 11 is 0. The first-order valence-electron chi connectivity index (χ1n) is 10.2. The maximum absolute atomic E-state index is 13.0. The molecule has 0 spiro atoms. The van der Waals surface area contributed by atoms with Crippen molar-refractivity contribution in [1.82, 2.24) is 20.1 Å². The van der Waals surface area contributed by atoms with Crippen molar-refractivity contribution in [2.45, 2.75) is 18.4 Å². The van der Waals surface area contributed by atoms with Crippen molar-refractivity contribution in [3.8, 4) is 5.75 Å². The molecular formula is C21H26N4O3. The minimum absolute atomic E-state index is 0.00948. The monoisotopic (exact) mass is 382 g/mol. The van der Waals surface area contributed by atoms with Crippen LogP contribution in [0.4, 0.5) is 0 Å². The molecule has 1 aliphatic carbocycles. The molecule has 7 heteroatoms. The molecule has 2 aromatic rings. The Balaban J connectivity index is 1.12. The molecular weight excluding hydrogens is 356 g/mol. The fraction of sp³-hybridized carbons (Fsp3) is 0.524. The van der Waals surface area contributed by atoms with E-state index in [1.165, 1.54) is 12.8 Å². The predicted octanol–water partition coefficient (Wildman–Crippen LogP) is 1.59. The molecule has 1 aromatic carbocycles. The molecule has 3 aliphatic heterocycles. The molecule has 6 rings (SSSR count). The Kier molecular flexibility index (Phi) is 4.78. The molecule has 4 fully saturated rings. The van der Waals surface area contributed by atoms with E-state index in [4.69, 9.17) is 9.15 Å². The molecule has 4 aliphatic rings. The van der Waals surface area contributed by atoms with Gasteiger partial charge in [0.2, 0.25) is 0 Å². The van der Waals surface area contributed by atoms with Gasteiger partial charge in [-0.3, -0.25) is 9.69 Å². The van der Waals surface area contributed by atoms with Gasteiger partial charge in [-0.15, -0.1) is 0 Å². The van der Waals surface area contributed by atoms with Gasteiger partial charge in [-0.25, -0.2) is 4.98 Å². The lowest BCUT2D eigenvalue weighted by Crippen LogP contribution is -2.50. The van der Waals surface area contributed by atoms with Crippen LogP contribution in [0.2, 0.25) is 0 Å². The van der Waals surface area contributed by atoms with Crippen LogP contribution in [-0.4, -0.2) is 72.6 Å².